The van der Waals surface area contributed by atoms with Crippen molar-refractivity contribution in [1.82, 2.24) is 0 Å². The Labute approximate surface area is 150 Å². The fraction of sp³-hybridized carbons (Fsp3) is 0. The van der Waals surface area contributed by atoms with E-state index in [-0.39, 0.29) is 0 Å². The Balaban J connectivity index is 1.49. The summed E-state index contributed by atoms with van der Waals surface area (Å²) in [5, 5.41) is 10.7. The quantitative estimate of drug-likeness (QED) is 0.301. The lowest BCUT2D eigenvalue weighted by Crippen LogP contribution is -2.11. The van der Waals surface area contributed by atoms with Gasteiger partial charge < -0.3 is 0 Å². The number of rotatable bonds is 3. The molecule has 1 N–H and O–H groups in total. The van der Waals surface area contributed by atoms with Crippen LogP contribution in [-0.4, -0.2) is 12.3 Å². The molecule has 1 amide bonds. The second-order valence-electron chi connectivity index (χ2n) is 5.83. The van der Waals surface area contributed by atoms with Crippen LogP contribution in [-0.2, 0) is 4.84 Å². The first-order chi connectivity index (χ1) is 12.8. The van der Waals surface area contributed by atoms with E-state index < -0.39 is 6.09 Å². The molecular formula is C22H16N2O2. The minimum atomic E-state index is -0.627. The van der Waals surface area contributed by atoms with Crippen molar-refractivity contribution >= 4 is 39.5 Å². The zero-order valence-electron chi connectivity index (χ0n) is 13.9. The third kappa shape index (κ3) is 3.26. The average molecular weight is 340 g/mol. The van der Waals surface area contributed by atoms with Crippen LogP contribution in [0.3, 0.4) is 0 Å². The first-order valence-corrected chi connectivity index (χ1v) is 8.28. The largest absolute Gasteiger partial charge is 0.437 e. The van der Waals surface area contributed by atoms with Crippen molar-refractivity contribution in [2.24, 2.45) is 5.16 Å². The van der Waals surface area contributed by atoms with E-state index in [0.29, 0.717) is 5.69 Å². The third-order valence-corrected chi connectivity index (χ3v) is 4.18. The predicted octanol–water partition coefficient (Wildman–Crippen LogP) is 5.58. The van der Waals surface area contributed by atoms with Gasteiger partial charge in [0.15, 0.2) is 0 Å². The lowest BCUT2D eigenvalue weighted by atomic mass is 10.1. The number of hydrogen-bond donors (Lipinski definition) is 1. The molecule has 4 nitrogen and oxygen atoms in total. The van der Waals surface area contributed by atoms with Crippen molar-refractivity contribution in [3.63, 3.8) is 0 Å². The molecule has 0 radical (unpaired) electrons. The maximum atomic E-state index is 12.1. The van der Waals surface area contributed by atoms with E-state index in [4.69, 9.17) is 4.84 Å². The van der Waals surface area contributed by atoms with Crippen molar-refractivity contribution in [3.8, 4) is 0 Å². The molecule has 0 saturated heterocycles. The molecule has 0 fully saturated rings. The van der Waals surface area contributed by atoms with Gasteiger partial charge >= 0.3 is 6.09 Å². The molecule has 0 aliphatic carbocycles. The summed E-state index contributed by atoms with van der Waals surface area (Å²) < 4.78 is 0. The highest BCUT2D eigenvalue weighted by molar-refractivity contribution is 6.01. The van der Waals surface area contributed by atoms with Gasteiger partial charge in [0, 0.05) is 10.9 Å². The number of oxime groups is 1. The van der Waals surface area contributed by atoms with Crippen LogP contribution in [0.4, 0.5) is 10.5 Å². The first-order valence-electron chi connectivity index (χ1n) is 8.28. The van der Waals surface area contributed by atoms with Crippen LogP contribution in [0.25, 0.3) is 21.5 Å². The number of benzene rings is 4. The highest BCUT2D eigenvalue weighted by atomic mass is 16.7. The van der Waals surface area contributed by atoms with Gasteiger partial charge in [-0.2, -0.15) is 0 Å². The fourth-order valence-electron chi connectivity index (χ4n) is 2.96. The molecule has 0 aliphatic heterocycles. The number of hydrogen-bond acceptors (Lipinski definition) is 3. The molecule has 4 rings (SSSR count). The summed E-state index contributed by atoms with van der Waals surface area (Å²) in [6.45, 7) is 0. The lowest BCUT2D eigenvalue weighted by Gasteiger charge is -2.06. The van der Waals surface area contributed by atoms with Gasteiger partial charge in [0.25, 0.3) is 0 Å². The summed E-state index contributed by atoms with van der Waals surface area (Å²) in [6.07, 6.45) is 0.920. The van der Waals surface area contributed by atoms with Gasteiger partial charge in [-0.25, -0.2) is 4.79 Å². The zero-order valence-corrected chi connectivity index (χ0v) is 13.9. The van der Waals surface area contributed by atoms with Gasteiger partial charge in [0.1, 0.15) is 0 Å². The molecule has 0 aromatic heterocycles. The van der Waals surface area contributed by atoms with E-state index in [2.05, 4.69) is 10.5 Å². The lowest BCUT2D eigenvalue weighted by molar-refractivity contribution is 0.167. The van der Waals surface area contributed by atoms with Crippen LogP contribution in [0, 0.1) is 0 Å². The molecule has 0 atom stereocenters. The van der Waals surface area contributed by atoms with Crippen LogP contribution in [0.5, 0.6) is 0 Å². The highest BCUT2D eigenvalue weighted by Crippen LogP contribution is 2.23. The summed E-state index contributed by atoms with van der Waals surface area (Å²) in [6, 6.07) is 27.4. The number of fused-ring (bicyclic) bond motifs is 2. The Hall–Kier alpha value is -3.66. The summed E-state index contributed by atoms with van der Waals surface area (Å²) in [4.78, 5) is 17.0. The molecule has 0 heterocycles. The second kappa shape index (κ2) is 7.07. The van der Waals surface area contributed by atoms with E-state index in [1.165, 1.54) is 0 Å². The number of carbonyl (C=O) groups excluding carboxylic acids is 1. The van der Waals surface area contributed by atoms with E-state index in [0.717, 1.165) is 27.1 Å². The fourth-order valence-corrected chi connectivity index (χ4v) is 2.96. The SMILES string of the molecule is O=C(Nc1cccc2ccccc12)O/N=C/c1cccc2ccccc12. The van der Waals surface area contributed by atoms with Gasteiger partial charge in [0.05, 0.1) is 11.9 Å². The third-order valence-electron chi connectivity index (χ3n) is 4.18. The number of anilines is 1. The normalized spacial score (nSPS) is 11.1. The number of nitrogens with zero attached hydrogens (tertiary/aromatic N) is 1. The van der Waals surface area contributed by atoms with Gasteiger partial charge in [-0.1, -0.05) is 84.0 Å². The van der Waals surface area contributed by atoms with E-state index in [1.807, 2.05) is 84.9 Å². The number of nitrogens with one attached hydrogen (secondary N) is 1. The summed E-state index contributed by atoms with van der Waals surface area (Å²) in [5.41, 5.74) is 1.58. The predicted molar refractivity (Wildman–Crippen MR) is 106 cm³/mol. The van der Waals surface area contributed by atoms with Crippen molar-refractivity contribution in [1.29, 1.82) is 0 Å². The maximum Gasteiger partial charge on any atom is 0.437 e. The standard InChI is InChI=1S/C22H16N2O2/c25-22(24-21-14-6-10-17-8-2-4-13-20(17)21)26-23-15-18-11-5-9-16-7-1-3-12-19(16)18/h1-15H,(H,24,25)/b23-15+. The Morgan fingerprint density at radius 3 is 2.19 bits per heavy atom. The topological polar surface area (TPSA) is 50.7 Å². The first kappa shape index (κ1) is 15.8. The molecule has 4 aromatic carbocycles. The van der Waals surface area contributed by atoms with Crippen LogP contribution >= 0.6 is 0 Å². The second-order valence-corrected chi connectivity index (χ2v) is 5.83. The van der Waals surface area contributed by atoms with Gasteiger partial charge in [-0.15, -0.1) is 0 Å². The summed E-state index contributed by atoms with van der Waals surface area (Å²) in [5.74, 6) is 0. The van der Waals surface area contributed by atoms with Crippen LogP contribution < -0.4 is 5.32 Å². The van der Waals surface area contributed by atoms with Crippen molar-refractivity contribution in [2.45, 2.75) is 0 Å². The summed E-state index contributed by atoms with van der Waals surface area (Å²) >= 11 is 0. The maximum absolute atomic E-state index is 12.1. The minimum Gasteiger partial charge on any atom is -0.298 e. The molecular weight excluding hydrogens is 324 g/mol. The molecule has 126 valence electrons. The van der Waals surface area contributed by atoms with E-state index >= 15 is 0 Å². The minimum absolute atomic E-state index is 0.627. The molecule has 4 aromatic rings. The van der Waals surface area contributed by atoms with Gasteiger partial charge in [-0.3, -0.25) is 10.2 Å². The van der Waals surface area contributed by atoms with Crippen LogP contribution in [0.1, 0.15) is 5.56 Å². The van der Waals surface area contributed by atoms with Crippen molar-refractivity contribution < 1.29 is 9.63 Å². The average Bonchev–Trinajstić information content (AvgIpc) is 2.68. The number of carbonyl (C=O) groups is 1. The monoisotopic (exact) mass is 340 g/mol. The molecule has 0 unspecified atom stereocenters. The molecule has 0 bridgehead atoms. The molecule has 0 saturated carbocycles. The summed E-state index contributed by atoms with van der Waals surface area (Å²) in [7, 11) is 0. The smallest absolute Gasteiger partial charge is 0.298 e. The van der Waals surface area contributed by atoms with E-state index in [1.54, 1.807) is 6.21 Å². The van der Waals surface area contributed by atoms with Gasteiger partial charge in [-0.05, 0) is 22.2 Å². The molecule has 0 aliphatic rings. The zero-order chi connectivity index (χ0) is 17.8. The van der Waals surface area contributed by atoms with Crippen molar-refractivity contribution in [3.05, 3.63) is 90.5 Å². The number of amides is 1. The van der Waals surface area contributed by atoms with Gasteiger partial charge in [0.2, 0.25) is 0 Å². The highest BCUT2D eigenvalue weighted by Gasteiger charge is 2.06. The van der Waals surface area contributed by atoms with Crippen LogP contribution in [0.15, 0.2) is 90.1 Å². The molecule has 26 heavy (non-hydrogen) atoms. The Bertz CT molecular complexity index is 1110. The van der Waals surface area contributed by atoms with E-state index in [9.17, 15) is 4.79 Å². The molecule has 0 spiro atoms. The van der Waals surface area contributed by atoms with Crippen LogP contribution in [0.2, 0.25) is 0 Å². The van der Waals surface area contributed by atoms with Crippen molar-refractivity contribution in [2.75, 3.05) is 5.32 Å². The Morgan fingerprint density at radius 2 is 1.38 bits per heavy atom. The Morgan fingerprint density at radius 1 is 0.769 bits per heavy atom. The Kier molecular flexibility index (Phi) is 4.31. The molecule has 4 heteroatoms.